The highest BCUT2D eigenvalue weighted by molar-refractivity contribution is 4.98. The maximum atomic E-state index is 3.96. The van der Waals surface area contributed by atoms with Crippen LogP contribution in [0.25, 0.3) is 0 Å². The normalized spacial score (nSPS) is 12.0. The first kappa shape index (κ1) is 28.6. The smallest absolute Gasteiger partial charge is 0.00886 e. The van der Waals surface area contributed by atoms with Crippen molar-refractivity contribution in [2.24, 2.45) is 5.92 Å². The van der Waals surface area contributed by atoms with Crippen LogP contribution < -0.4 is 0 Å². The van der Waals surface area contributed by atoms with E-state index in [9.17, 15) is 0 Å². The Morgan fingerprint density at radius 2 is 0.828 bits per heavy atom. The number of hydrogen-bond acceptors (Lipinski definition) is 0. The van der Waals surface area contributed by atoms with E-state index in [0.717, 1.165) is 31.6 Å². The first-order valence-electron chi connectivity index (χ1n) is 13.4. The lowest BCUT2D eigenvalue weighted by molar-refractivity contribution is 0.456. The average molecular weight is 403 g/mol. The highest BCUT2D eigenvalue weighted by atomic mass is 14.1. The molecule has 0 amide bonds. The molecule has 0 aliphatic heterocycles. The van der Waals surface area contributed by atoms with Gasteiger partial charge in [-0.3, -0.25) is 0 Å². The Bertz CT molecular complexity index is 345. The van der Waals surface area contributed by atoms with Crippen LogP contribution in [0.3, 0.4) is 0 Å². The van der Waals surface area contributed by atoms with Gasteiger partial charge >= 0.3 is 0 Å². The van der Waals surface area contributed by atoms with Crippen molar-refractivity contribution < 1.29 is 0 Å². The molecule has 0 N–H and O–H groups in total. The van der Waals surface area contributed by atoms with Crippen LogP contribution in [-0.4, -0.2) is 0 Å². The van der Waals surface area contributed by atoms with Gasteiger partial charge < -0.3 is 0 Å². The molecule has 0 rings (SSSR count). The molecular weight excluding hydrogens is 348 g/mol. The summed E-state index contributed by atoms with van der Waals surface area (Å²) in [5.41, 5.74) is 0. The lowest BCUT2D eigenvalue weighted by Gasteiger charge is -2.09. The van der Waals surface area contributed by atoms with Crippen molar-refractivity contribution >= 4 is 0 Å². The van der Waals surface area contributed by atoms with E-state index in [1.807, 2.05) is 0 Å². The lowest BCUT2D eigenvalue weighted by Crippen LogP contribution is -1.93. The van der Waals surface area contributed by atoms with Crippen LogP contribution in [0.4, 0.5) is 0 Å². The fraction of sp³-hybridized carbons (Fsp3) is 0.862. The van der Waals surface area contributed by atoms with Crippen LogP contribution in [0.5, 0.6) is 0 Å². The van der Waals surface area contributed by atoms with Gasteiger partial charge in [-0.1, -0.05) is 143 Å². The first-order chi connectivity index (χ1) is 14.3. The molecular formula is C29H54. The Kier molecular flexibility index (Phi) is 25.2. The molecule has 0 spiro atoms. The minimum atomic E-state index is 0.891. The maximum Gasteiger partial charge on any atom is 0.00886 e. The summed E-state index contributed by atoms with van der Waals surface area (Å²) >= 11 is 0. The molecule has 0 fully saturated rings. The molecule has 0 aromatic carbocycles. The summed E-state index contributed by atoms with van der Waals surface area (Å²) in [6, 6.07) is 0. The van der Waals surface area contributed by atoms with Gasteiger partial charge in [-0.05, 0) is 18.8 Å². The van der Waals surface area contributed by atoms with E-state index in [-0.39, 0.29) is 0 Å². The number of unbranched alkanes of at least 4 members (excludes halogenated alkanes) is 18. The van der Waals surface area contributed by atoms with Crippen LogP contribution in [0.2, 0.25) is 0 Å². The fourth-order valence-electron chi connectivity index (χ4n) is 4.06. The molecule has 0 bridgehead atoms. The molecule has 0 aromatic heterocycles. The Labute approximate surface area is 186 Å². The van der Waals surface area contributed by atoms with E-state index in [1.54, 1.807) is 0 Å². The standard InChI is InChI=1S/C29H54/c1-4-6-7-8-9-10-11-12-13-14-15-16-17-18-19-20-21-22-23-24-25-26-28-29(3)27-5-2/h29H,1-2,4-12,15-28H2,3H3. The predicted molar refractivity (Wildman–Crippen MR) is 134 cm³/mol. The van der Waals surface area contributed by atoms with E-state index in [2.05, 4.69) is 32.6 Å². The molecule has 0 aliphatic carbocycles. The first-order valence-corrected chi connectivity index (χ1v) is 13.4. The Morgan fingerprint density at radius 1 is 0.448 bits per heavy atom. The van der Waals surface area contributed by atoms with Crippen molar-refractivity contribution in [2.45, 2.75) is 155 Å². The van der Waals surface area contributed by atoms with E-state index >= 15 is 0 Å². The van der Waals surface area contributed by atoms with E-state index in [4.69, 9.17) is 0 Å². The quantitative estimate of drug-likeness (QED) is 0.125. The molecule has 0 nitrogen and oxygen atoms in total. The Balaban J connectivity index is 3.12. The topological polar surface area (TPSA) is 0 Å². The molecule has 1 atom stereocenters. The van der Waals surface area contributed by atoms with Gasteiger partial charge in [0.2, 0.25) is 0 Å². The third-order valence-electron chi connectivity index (χ3n) is 6.12. The molecule has 0 saturated heterocycles. The molecule has 170 valence electrons. The van der Waals surface area contributed by atoms with Crippen LogP contribution in [0.15, 0.2) is 0 Å². The summed E-state index contributed by atoms with van der Waals surface area (Å²) in [5, 5.41) is 0. The van der Waals surface area contributed by atoms with E-state index in [0.29, 0.717) is 0 Å². The average Bonchev–Trinajstić information content (AvgIpc) is 2.72. The van der Waals surface area contributed by atoms with E-state index in [1.165, 1.54) is 122 Å². The molecule has 2 radical (unpaired) electrons. The SMILES string of the molecule is [CH2]CCCCCCCCC#CCCCCCCCCCCCCCC(C)CC[CH2]. The molecule has 0 aromatic rings. The Hall–Kier alpha value is -0.440. The van der Waals surface area contributed by atoms with Crippen molar-refractivity contribution in [1.82, 2.24) is 0 Å². The van der Waals surface area contributed by atoms with E-state index < -0.39 is 0 Å². The van der Waals surface area contributed by atoms with Crippen molar-refractivity contribution in [2.75, 3.05) is 0 Å². The molecule has 29 heavy (non-hydrogen) atoms. The van der Waals surface area contributed by atoms with Gasteiger partial charge in [-0.15, -0.1) is 11.8 Å². The van der Waals surface area contributed by atoms with Crippen molar-refractivity contribution in [1.29, 1.82) is 0 Å². The molecule has 0 heterocycles. The molecule has 1 unspecified atom stereocenters. The van der Waals surface area contributed by atoms with Gasteiger partial charge in [0, 0.05) is 12.8 Å². The van der Waals surface area contributed by atoms with Crippen molar-refractivity contribution in [3.8, 4) is 11.8 Å². The van der Waals surface area contributed by atoms with Crippen LogP contribution in [0, 0.1) is 31.6 Å². The summed E-state index contributed by atoms with van der Waals surface area (Å²) in [5.74, 6) is 7.65. The zero-order chi connectivity index (χ0) is 21.3. The summed E-state index contributed by atoms with van der Waals surface area (Å²) in [6.07, 6.45) is 30.9. The van der Waals surface area contributed by atoms with Crippen LogP contribution in [-0.2, 0) is 0 Å². The Morgan fingerprint density at radius 3 is 1.24 bits per heavy atom. The summed E-state index contributed by atoms with van der Waals surface area (Å²) in [4.78, 5) is 0. The third kappa shape index (κ3) is 25.5. The second-order valence-electron chi connectivity index (χ2n) is 9.25. The van der Waals surface area contributed by atoms with Crippen molar-refractivity contribution in [3.63, 3.8) is 0 Å². The number of hydrogen-bond donors (Lipinski definition) is 0. The zero-order valence-corrected chi connectivity index (χ0v) is 20.3. The largest absolute Gasteiger partial charge is 0.103 e. The maximum absolute atomic E-state index is 3.96. The minimum absolute atomic E-state index is 0.891. The van der Waals surface area contributed by atoms with Crippen molar-refractivity contribution in [3.05, 3.63) is 13.8 Å². The predicted octanol–water partition coefficient (Wildman–Crippen LogP) is 10.3. The van der Waals surface area contributed by atoms with Crippen LogP contribution in [0.1, 0.15) is 155 Å². The zero-order valence-electron chi connectivity index (χ0n) is 20.3. The van der Waals surface area contributed by atoms with Gasteiger partial charge in [-0.25, -0.2) is 0 Å². The molecule has 0 aliphatic rings. The monoisotopic (exact) mass is 402 g/mol. The van der Waals surface area contributed by atoms with Crippen LogP contribution >= 0.6 is 0 Å². The second kappa shape index (κ2) is 25.6. The summed E-state index contributed by atoms with van der Waals surface area (Å²) in [6.45, 7) is 10.2. The van der Waals surface area contributed by atoms with Gasteiger partial charge in [0.1, 0.15) is 0 Å². The summed E-state index contributed by atoms with van der Waals surface area (Å²) in [7, 11) is 0. The van der Waals surface area contributed by atoms with Gasteiger partial charge in [-0.2, -0.15) is 0 Å². The lowest BCUT2D eigenvalue weighted by atomic mass is 9.98. The van der Waals surface area contributed by atoms with Gasteiger partial charge in [0.25, 0.3) is 0 Å². The highest BCUT2D eigenvalue weighted by Crippen LogP contribution is 2.16. The third-order valence-corrected chi connectivity index (χ3v) is 6.12. The number of rotatable bonds is 22. The minimum Gasteiger partial charge on any atom is -0.103 e. The van der Waals surface area contributed by atoms with Gasteiger partial charge in [0.05, 0.1) is 0 Å². The molecule has 0 heteroatoms. The molecule has 0 saturated carbocycles. The second-order valence-corrected chi connectivity index (χ2v) is 9.25. The fourth-order valence-corrected chi connectivity index (χ4v) is 4.06. The summed E-state index contributed by atoms with van der Waals surface area (Å²) < 4.78 is 0. The van der Waals surface area contributed by atoms with Gasteiger partial charge in [0.15, 0.2) is 0 Å². The highest BCUT2D eigenvalue weighted by Gasteiger charge is 2.00.